The first-order valence-electron chi connectivity index (χ1n) is 10.1. The van der Waals surface area contributed by atoms with Crippen LogP contribution in [0.3, 0.4) is 0 Å². The number of aryl methyl sites for hydroxylation is 1. The number of anilines is 1. The molecule has 0 radical (unpaired) electrons. The molecule has 1 heterocycles. The van der Waals surface area contributed by atoms with Crippen LogP contribution in [0.25, 0.3) is 11.4 Å². The maximum atomic E-state index is 12.8. The van der Waals surface area contributed by atoms with Crippen LogP contribution in [-0.2, 0) is 21.1 Å². The summed E-state index contributed by atoms with van der Waals surface area (Å²) in [5.41, 5.74) is 1.22. The van der Waals surface area contributed by atoms with E-state index in [0.717, 1.165) is 18.4 Å². The number of carbonyl (C=O) groups is 1. The van der Waals surface area contributed by atoms with E-state index in [4.69, 9.17) is 16.1 Å². The molecule has 1 fully saturated rings. The van der Waals surface area contributed by atoms with E-state index in [0.29, 0.717) is 35.3 Å². The van der Waals surface area contributed by atoms with Crippen molar-refractivity contribution in [1.82, 2.24) is 10.1 Å². The number of sulfone groups is 1. The normalized spacial score (nSPS) is 14.6. The number of halogens is 1. The Labute approximate surface area is 185 Å². The molecule has 1 aliphatic rings. The first-order chi connectivity index (χ1) is 14.9. The summed E-state index contributed by atoms with van der Waals surface area (Å²) in [6.07, 6.45) is 3.67. The zero-order valence-electron chi connectivity index (χ0n) is 16.8. The van der Waals surface area contributed by atoms with Crippen molar-refractivity contribution in [2.45, 2.75) is 48.7 Å². The minimum Gasteiger partial charge on any atom is -0.339 e. The van der Waals surface area contributed by atoms with Crippen LogP contribution in [0.5, 0.6) is 0 Å². The lowest BCUT2D eigenvalue weighted by Crippen LogP contribution is -2.18. The van der Waals surface area contributed by atoms with E-state index in [1.54, 1.807) is 42.5 Å². The molecule has 162 valence electrons. The van der Waals surface area contributed by atoms with Gasteiger partial charge in [-0.05, 0) is 55.3 Å². The zero-order valence-corrected chi connectivity index (χ0v) is 18.3. The van der Waals surface area contributed by atoms with Gasteiger partial charge in [-0.3, -0.25) is 4.79 Å². The fourth-order valence-corrected chi connectivity index (χ4v) is 5.68. The lowest BCUT2D eigenvalue weighted by molar-refractivity contribution is -0.116. The second-order valence-electron chi connectivity index (χ2n) is 7.55. The van der Waals surface area contributed by atoms with Crippen LogP contribution in [0.1, 0.15) is 38.0 Å². The van der Waals surface area contributed by atoms with Crippen LogP contribution in [-0.4, -0.2) is 29.7 Å². The lowest BCUT2D eigenvalue weighted by atomic mass is 10.2. The zero-order chi connectivity index (χ0) is 21.8. The van der Waals surface area contributed by atoms with E-state index >= 15 is 0 Å². The predicted octanol–water partition coefficient (Wildman–Crippen LogP) is 4.68. The number of hydrogen-bond acceptors (Lipinski definition) is 6. The second kappa shape index (κ2) is 9.20. The molecule has 0 saturated heterocycles. The van der Waals surface area contributed by atoms with Crippen LogP contribution in [0.4, 0.5) is 5.69 Å². The Bertz CT molecular complexity index is 1170. The van der Waals surface area contributed by atoms with Crippen LogP contribution >= 0.6 is 11.6 Å². The minimum atomic E-state index is -3.37. The fraction of sp³-hybridized carbons (Fsp3) is 0.318. The number of nitrogens with one attached hydrogen (secondary N) is 1. The van der Waals surface area contributed by atoms with Gasteiger partial charge in [0.05, 0.1) is 10.1 Å². The van der Waals surface area contributed by atoms with Crippen LogP contribution in [0, 0.1) is 0 Å². The maximum absolute atomic E-state index is 12.8. The van der Waals surface area contributed by atoms with Crippen molar-refractivity contribution in [3.63, 3.8) is 0 Å². The second-order valence-corrected chi connectivity index (χ2v) is 10.2. The SMILES string of the molecule is O=C(CCc1nc(-c2ccc(Cl)cc2)no1)Nc1cccc(S(=O)(=O)C2CCCC2)c1. The molecule has 1 aromatic heterocycles. The average molecular weight is 460 g/mol. The fourth-order valence-electron chi connectivity index (χ4n) is 3.66. The summed E-state index contributed by atoms with van der Waals surface area (Å²) in [6, 6.07) is 13.5. The number of hydrogen-bond donors (Lipinski definition) is 1. The molecule has 0 spiro atoms. The number of aromatic nitrogens is 2. The van der Waals surface area contributed by atoms with E-state index in [2.05, 4.69) is 15.5 Å². The van der Waals surface area contributed by atoms with Crippen molar-refractivity contribution >= 4 is 33.0 Å². The van der Waals surface area contributed by atoms with Gasteiger partial charge in [0.25, 0.3) is 0 Å². The minimum absolute atomic E-state index is 0.127. The van der Waals surface area contributed by atoms with E-state index < -0.39 is 9.84 Å². The van der Waals surface area contributed by atoms with Gasteiger partial charge in [0.2, 0.25) is 17.6 Å². The molecular weight excluding hydrogens is 438 g/mol. The summed E-state index contributed by atoms with van der Waals surface area (Å²) in [5, 5.41) is 6.97. The molecule has 9 heteroatoms. The highest BCUT2D eigenvalue weighted by molar-refractivity contribution is 7.92. The van der Waals surface area contributed by atoms with Crippen molar-refractivity contribution in [2.75, 3.05) is 5.32 Å². The standard InChI is InChI=1S/C22H22ClN3O4S/c23-16-10-8-15(9-11-16)22-25-21(30-26-22)13-12-20(27)24-17-4-3-7-19(14-17)31(28,29)18-5-1-2-6-18/h3-4,7-11,14,18H,1-2,5-6,12-13H2,(H,24,27). The van der Waals surface area contributed by atoms with Gasteiger partial charge in [0.15, 0.2) is 9.84 Å². The molecule has 0 bridgehead atoms. The third-order valence-corrected chi connectivity index (χ3v) is 7.84. The Morgan fingerprint density at radius 3 is 2.61 bits per heavy atom. The van der Waals surface area contributed by atoms with Crippen molar-refractivity contribution in [3.05, 3.63) is 59.4 Å². The Balaban J connectivity index is 1.36. The van der Waals surface area contributed by atoms with Gasteiger partial charge in [0.1, 0.15) is 0 Å². The Morgan fingerprint density at radius 2 is 1.87 bits per heavy atom. The average Bonchev–Trinajstić information content (AvgIpc) is 3.46. The molecule has 1 amide bonds. The van der Waals surface area contributed by atoms with Gasteiger partial charge in [-0.15, -0.1) is 0 Å². The quantitative estimate of drug-likeness (QED) is 0.550. The van der Waals surface area contributed by atoms with E-state index in [1.807, 2.05) is 0 Å². The third kappa shape index (κ3) is 5.14. The van der Waals surface area contributed by atoms with Gasteiger partial charge in [-0.1, -0.05) is 35.7 Å². The Kier molecular flexibility index (Phi) is 6.38. The topological polar surface area (TPSA) is 102 Å². The Morgan fingerprint density at radius 1 is 1.13 bits per heavy atom. The lowest BCUT2D eigenvalue weighted by Gasteiger charge is -2.12. The summed E-state index contributed by atoms with van der Waals surface area (Å²) >= 11 is 5.88. The van der Waals surface area contributed by atoms with Gasteiger partial charge < -0.3 is 9.84 Å². The third-order valence-electron chi connectivity index (χ3n) is 5.32. The maximum Gasteiger partial charge on any atom is 0.227 e. The van der Waals surface area contributed by atoms with Crippen molar-refractivity contribution in [2.24, 2.45) is 0 Å². The van der Waals surface area contributed by atoms with Gasteiger partial charge in [0, 0.05) is 29.1 Å². The Hall–Kier alpha value is -2.71. The molecule has 2 aromatic carbocycles. The number of carbonyl (C=O) groups excluding carboxylic acids is 1. The van der Waals surface area contributed by atoms with Gasteiger partial charge in [-0.2, -0.15) is 4.98 Å². The highest BCUT2D eigenvalue weighted by Gasteiger charge is 2.30. The molecule has 0 atom stereocenters. The van der Waals surface area contributed by atoms with Crippen molar-refractivity contribution in [1.29, 1.82) is 0 Å². The molecule has 1 N–H and O–H groups in total. The van der Waals surface area contributed by atoms with Crippen molar-refractivity contribution < 1.29 is 17.7 Å². The summed E-state index contributed by atoms with van der Waals surface area (Å²) in [4.78, 5) is 16.9. The number of benzene rings is 2. The molecule has 0 aliphatic heterocycles. The molecule has 7 nitrogen and oxygen atoms in total. The highest BCUT2D eigenvalue weighted by atomic mass is 35.5. The first-order valence-corrected chi connectivity index (χ1v) is 12.1. The monoisotopic (exact) mass is 459 g/mol. The van der Waals surface area contributed by atoms with Crippen LogP contribution in [0.2, 0.25) is 5.02 Å². The van der Waals surface area contributed by atoms with Gasteiger partial charge >= 0.3 is 0 Å². The molecular formula is C22H22ClN3O4S. The predicted molar refractivity (Wildman–Crippen MR) is 118 cm³/mol. The van der Waals surface area contributed by atoms with Crippen molar-refractivity contribution in [3.8, 4) is 11.4 Å². The number of amides is 1. The summed E-state index contributed by atoms with van der Waals surface area (Å²) < 4.78 is 30.8. The van der Waals surface area contributed by atoms with Gasteiger partial charge in [-0.25, -0.2) is 8.42 Å². The number of nitrogens with zero attached hydrogens (tertiary/aromatic N) is 2. The molecule has 4 rings (SSSR count). The highest BCUT2D eigenvalue weighted by Crippen LogP contribution is 2.30. The summed E-state index contributed by atoms with van der Waals surface area (Å²) in [5.74, 6) is 0.510. The van der Waals surface area contributed by atoms with Crippen LogP contribution < -0.4 is 5.32 Å². The summed E-state index contributed by atoms with van der Waals surface area (Å²) in [7, 11) is -3.37. The molecule has 1 saturated carbocycles. The van der Waals surface area contributed by atoms with E-state index in [1.165, 1.54) is 6.07 Å². The molecule has 31 heavy (non-hydrogen) atoms. The van der Waals surface area contributed by atoms with E-state index in [9.17, 15) is 13.2 Å². The van der Waals surface area contributed by atoms with E-state index in [-0.39, 0.29) is 28.9 Å². The number of rotatable bonds is 7. The molecule has 1 aliphatic carbocycles. The smallest absolute Gasteiger partial charge is 0.227 e. The molecule has 3 aromatic rings. The molecule has 0 unspecified atom stereocenters. The largest absolute Gasteiger partial charge is 0.339 e. The summed E-state index contributed by atoms with van der Waals surface area (Å²) in [6.45, 7) is 0. The van der Waals surface area contributed by atoms with Crippen LogP contribution in [0.15, 0.2) is 57.9 Å². The first kappa shape index (κ1) is 21.5.